The molecule has 0 aromatic carbocycles. The molecule has 1 rings (SSSR count). The van der Waals surface area contributed by atoms with Gasteiger partial charge in [0.2, 0.25) is 0 Å². The van der Waals surface area contributed by atoms with E-state index < -0.39 is 0 Å². The lowest BCUT2D eigenvalue weighted by Gasteiger charge is -1.86. The number of rotatable bonds is 2. The highest BCUT2D eigenvalue weighted by Gasteiger charge is 1.92. The van der Waals surface area contributed by atoms with Crippen molar-refractivity contribution >= 4 is 24.0 Å². The Kier molecular flexibility index (Phi) is 2.61. The first-order chi connectivity index (χ1) is 4.33. The fourth-order valence-corrected chi connectivity index (χ4v) is 2.00. The third-order valence-electron chi connectivity index (χ3n) is 1.14. The van der Waals surface area contributed by atoms with Gasteiger partial charge < -0.3 is 0 Å². The summed E-state index contributed by atoms with van der Waals surface area (Å²) < 4.78 is 0. The fraction of sp³-hybridized carbons (Fsp3) is 0.429. The van der Waals surface area contributed by atoms with Crippen LogP contribution in [0.1, 0.15) is 10.4 Å². The van der Waals surface area contributed by atoms with Gasteiger partial charge in [0.05, 0.1) is 0 Å². The van der Waals surface area contributed by atoms with Crippen LogP contribution in [0.15, 0.2) is 11.4 Å². The van der Waals surface area contributed by atoms with E-state index in [4.69, 9.17) is 0 Å². The van der Waals surface area contributed by atoms with Crippen molar-refractivity contribution in [2.24, 2.45) is 0 Å². The molecule has 1 heterocycles. The lowest BCUT2D eigenvalue weighted by atomic mass is 10.3. The van der Waals surface area contributed by atoms with Gasteiger partial charge in [-0.3, -0.25) is 0 Å². The van der Waals surface area contributed by atoms with Gasteiger partial charge in [0, 0.05) is 4.88 Å². The molecular formula is C7H10S2. The highest BCUT2D eigenvalue weighted by molar-refractivity contribution is 7.80. The fourth-order valence-electron chi connectivity index (χ4n) is 0.732. The molecule has 9 heavy (non-hydrogen) atoms. The Morgan fingerprint density at radius 1 is 1.67 bits per heavy atom. The van der Waals surface area contributed by atoms with Crippen molar-refractivity contribution < 1.29 is 0 Å². The van der Waals surface area contributed by atoms with Gasteiger partial charge in [-0.15, -0.1) is 11.3 Å². The zero-order valence-corrected chi connectivity index (χ0v) is 7.14. The zero-order valence-electron chi connectivity index (χ0n) is 5.42. The normalized spacial score (nSPS) is 10.0. The van der Waals surface area contributed by atoms with Crippen LogP contribution < -0.4 is 0 Å². The van der Waals surface area contributed by atoms with Gasteiger partial charge in [0.1, 0.15) is 0 Å². The maximum absolute atomic E-state index is 4.15. The minimum Gasteiger partial charge on any atom is -0.179 e. The van der Waals surface area contributed by atoms with E-state index in [1.165, 1.54) is 10.4 Å². The standard InChI is InChI=1S/C7H10S2/c1-6-4-7(2-3-8)9-5-6/h4-5,8H,2-3H2,1H3. The molecule has 50 valence electrons. The van der Waals surface area contributed by atoms with Crippen LogP contribution in [0, 0.1) is 6.92 Å². The van der Waals surface area contributed by atoms with Crippen LogP contribution in [0.2, 0.25) is 0 Å². The van der Waals surface area contributed by atoms with Crippen molar-refractivity contribution in [2.45, 2.75) is 13.3 Å². The minimum absolute atomic E-state index is 0.958. The highest BCUT2D eigenvalue weighted by atomic mass is 32.1. The van der Waals surface area contributed by atoms with Gasteiger partial charge in [0.25, 0.3) is 0 Å². The molecule has 0 nitrogen and oxygen atoms in total. The van der Waals surface area contributed by atoms with Crippen LogP contribution in [-0.4, -0.2) is 5.75 Å². The maximum atomic E-state index is 4.15. The van der Waals surface area contributed by atoms with E-state index in [0.717, 1.165) is 12.2 Å². The third kappa shape index (κ3) is 2.03. The molecule has 1 aromatic heterocycles. The second-order valence-electron chi connectivity index (χ2n) is 2.06. The van der Waals surface area contributed by atoms with E-state index in [2.05, 4.69) is 31.0 Å². The molecule has 0 aliphatic carbocycles. The minimum atomic E-state index is 0.958. The van der Waals surface area contributed by atoms with E-state index in [-0.39, 0.29) is 0 Å². The van der Waals surface area contributed by atoms with Crippen molar-refractivity contribution in [3.05, 3.63) is 21.9 Å². The zero-order chi connectivity index (χ0) is 6.69. The molecule has 0 unspecified atom stereocenters. The van der Waals surface area contributed by atoms with E-state index in [1.807, 2.05) is 11.3 Å². The summed E-state index contributed by atoms with van der Waals surface area (Å²) in [4.78, 5) is 1.45. The summed E-state index contributed by atoms with van der Waals surface area (Å²) in [6.07, 6.45) is 1.11. The quantitative estimate of drug-likeness (QED) is 0.628. The molecule has 0 aliphatic rings. The Morgan fingerprint density at radius 2 is 2.44 bits per heavy atom. The van der Waals surface area contributed by atoms with Crippen molar-refractivity contribution in [2.75, 3.05) is 5.75 Å². The Bertz CT molecular complexity index is 179. The van der Waals surface area contributed by atoms with E-state index >= 15 is 0 Å². The van der Waals surface area contributed by atoms with Crippen molar-refractivity contribution in [3.8, 4) is 0 Å². The van der Waals surface area contributed by atoms with Crippen LogP contribution >= 0.6 is 24.0 Å². The molecule has 0 bridgehead atoms. The van der Waals surface area contributed by atoms with Crippen molar-refractivity contribution in [1.82, 2.24) is 0 Å². The molecule has 0 fully saturated rings. The summed E-state index contributed by atoms with van der Waals surface area (Å²) in [5, 5.41) is 2.18. The summed E-state index contributed by atoms with van der Waals surface area (Å²) in [7, 11) is 0. The summed E-state index contributed by atoms with van der Waals surface area (Å²) in [5.41, 5.74) is 1.37. The Balaban J connectivity index is 2.61. The van der Waals surface area contributed by atoms with Gasteiger partial charge in [0.15, 0.2) is 0 Å². The van der Waals surface area contributed by atoms with E-state index in [9.17, 15) is 0 Å². The van der Waals surface area contributed by atoms with Gasteiger partial charge in [-0.25, -0.2) is 0 Å². The first-order valence-electron chi connectivity index (χ1n) is 2.98. The average Bonchev–Trinajstić information content (AvgIpc) is 2.17. The maximum Gasteiger partial charge on any atom is 0.00560 e. The number of thiol groups is 1. The Labute approximate surface area is 65.3 Å². The topological polar surface area (TPSA) is 0 Å². The monoisotopic (exact) mass is 158 g/mol. The predicted molar refractivity (Wildman–Crippen MR) is 46.6 cm³/mol. The van der Waals surface area contributed by atoms with Gasteiger partial charge >= 0.3 is 0 Å². The van der Waals surface area contributed by atoms with Gasteiger partial charge in [-0.05, 0) is 36.1 Å². The Hall–Kier alpha value is 0.0500. The summed E-state index contributed by atoms with van der Waals surface area (Å²) in [6, 6.07) is 2.22. The molecule has 2 heteroatoms. The number of thiophene rings is 1. The van der Waals surface area contributed by atoms with Crippen molar-refractivity contribution in [1.29, 1.82) is 0 Å². The molecule has 0 spiro atoms. The first-order valence-corrected chi connectivity index (χ1v) is 4.49. The molecule has 0 aliphatic heterocycles. The summed E-state index contributed by atoms with van der Waals surface area (Å²) in [5.74, 6) is 0.958. The molecule has 0 amide bonds. The third-order valence-corrected chi connectivity index (χ3v) is 2.48. The lowest BCUT2D eigenvalue weighted by Crippen LogP contribution is -1.77. The van der Waals surface area contributed by atoms with Crippen LogP contribution in [-0.2, 0) is 6.42 Å². The predicted octanol–water partition coefficient (Wildman–Crippen LogP) is 2.53. The van der Waals surface area contributed by atoms with Gasteiger partial charge in [-0.2, -0.15) is 12.6 Å². The van der Waals surface area contributed by atoms with E-state index in [1.54, 1.807) is 0 Å². The number of hydrogen-bond donors (Lipinski definition) is 1. The van der Waals surface area contributed by atoms with E-state index in [0.29, 0.717) is 0 Å². The molecule has 0 atom stereocenters. The molecule has 0 saturated heterocycles. The summed E-state index contributed by atoms with van der Waals surface area (Å²) in [6.45, 7) is 2.12. The van der Waals surface area contributed by atoms with Gasteiger partial charge in [-0.1, -0.05) is 0 Å². The first kappa shape index (κ1) is 7.16. The molecule has 0 saturated carbocycles. The smallest absolute Gasteiger partial charge is 0.00560 e. The molecule has 1 aromatic rings. The molecule has 0 N–H and O–H groups in total. The lowest BCUT2D eigenvalue weighted by molar-refractivity contribution is 1.21. The molecule has 0 radical (unpaired) electrons. The Morgan fingerprint density at radius 3 is 2.89 bits per heavy atom. The van der Waals surface area contributed by atoms with Crippen LogP contribution in [0.3, 0.4) is 0 Å². The average molecular weight is 158 g/mol. The summed E-state index contributed by atoms with van der Waals surface area (Å²) >= 11 is 5.97. The second kappa shape index (κ2) is 3.28. The number of aryl methyl sites for hydroxylation is 2. The van der Waals surface area contributed by atoms with Crippen molar-refractivity contribution in [3.63, 3.8) is 0 Å². The SMILES string of the molecule is Cc1csc(CCS)c1. The van der Waals surface area contributed by atoms with Crippen LogP contribution in [0.4, 0.5) is 0 Å². The highest BCUT2D eigenvalue weighted by Crippen LogP contribution is 2.13. The number of hydrogen-bond acceptors (Lipinski definition) is 2. The van der Waals surface area contributed by atoms with Crippen LogP contribution in [0.5, 0.6) is 0 Å². The largest absolute Gasteiger partial charge is 0.179 e. The van der Waals surface area contributed by atoms with Crippen LogP contribution in [0.25, 0.3) is 0 Å². The second-order valence-corrected chi connectivity index (χ2v) is 3.51. The molecular weight excluding hydrogens is 148 g/mol.